The summed E-state index contributed by atoms with van der Waals surface area (Å²) < 4.78 is 5.26. The highest BCUT2D eigenvalue weighted by Crippen LogP contribution is 2.19. The number of esters is 1. The van der Waals surface area contributed by atoms with Crippen molar-refractivity contribution in [1.29, 1.82) is 0 Å². The van der Waals surface area contributed by atoms with Crippen LogP contribution in [0.4, 0.5) is 5.69 Å². The minimum atomic E-state index is -0.937. The fourth-order valence-corrected chi connectivity index (χ4v) is 2.94. The van der Waals surface area contributed by atoms with E-state index >= 15 is 0 Å². The molecular weight excluding hydrogens is 378 g/mol. The average Bonchev–Trinajstić information content (AvgIpc) is 2.75. The summed E-state index contributed by atoms with van der Waals surface area (Å²) in [5, 5.41) is 2.68. The molecule has 0 aliphatic carbocycles. The normalized spacial score (nSPS) is 11.4. The molecule has 0 aromatic heterocycles. The van der Waals surface area contributed by atoms with E-state index in [2.05, 4.69) is 5.32 Å². The SMILES string of the molecule is CC(=O)c1ccc(NC(=O)[C@H](C)OC(=O)Cc2ccc(-c3ccccc3)cc2)cc1. The van der Waals surface area contributed by atoms with Crippen LogP contribution in [0.1, 0.15) is 29.8 Å². The first-order valence-electron chi connectivity index (χ1n) is 9.68. The third-order valence-corrected chi connectivity index (χ3v) is 4.65. The van der Waals surface area contributed by atoms with Crippen LogP contribution >= 0.6 is 0 Å². The molecular formula is C25H23NO4. The zero-order valence-corrected chi connectivity index (χ0v) is 16.9. The lowest BCUT2D eigenvalue weighted by Crippen LogP contribution is -2.30. The zero-order valence-electron chi connectivity index (χ0n) is 16.9. The Morgan fingerprint density at radius 3 is 2.03 bits per heavy atom. The maximum atomic E-state index is 12.3. The number of amides is 1. The van der Waals surface area contributed by atoms with E-state index in [-0.39, 0.29) is 12.2 Å². The molecule has 1 N–H and O–H groups in total. The topological polar surface area (TPSA) is 72.5 Å². The van der Waals surface area contributed by atoms with Crippen molar-refractivity contribution in [1.82, 2.24) is 0 Å². The van der Waals surface area contributed by atoms with E-state index in [0.717, 1.165) is 16.7 Å². The molecule has 30 heavy (non-hydrogen) atoms. The first kappa shape index (κ1) is 21.0. The van der Waals surface area contributed by atoms with Crippen molar-refractivity contribution in [3.8, 4) is 11.1 Å². The Balaban J connectivity index is 1.52. The van der Waals surface area contributed by atoms with Gasteiger partial charge in [0.1, 0.15) is 0 Å². The van der Waals surface area contributed by atoms with Crippen molar-refractivity contribution in [2.24, 2.45) is 0 Å². The molecule has 0 heterocycles. The van der Waals surface area contributed by atoms with E-state index in [1.807, 2.05) is 54.6 Å². The van der Waals surface area contributed by atoms with Gasteiger partial charge in [-0.05, 0) is 54.8 Å². The Kier molecular flexibility index (Phi) is 6.75. The molecule has 1 amide bonds. The largest absolute Gasteiger partial charge is 0.452 e. The second-order valence-electron chi connectivity index (χ2n) is 6.99. The summed E-state index contributed by atoms with van der Waals surface area (Å²) in [7, 11) is 0. The highest BCUT2D eigenvalue weighted by molar-refractivity contribution is 5.97. The summed E-state index contributed by atoms with van der Waals surface area (Å²) in [6, 6.07) is 24.2. The predicted octanol–water partition coefficient (Wildman–Crippen LogP) is 4.67. The van der Waals surface area contributed by atoms with Crippen LogP contribution in [-0.2, 0) is 20.7 Å². The molecule has 3 rings (SSSR count). The van der Waals surface area contributed by atoms with Gasteiger partial charge < -0.3 is 10.1 Å². The molecule has 152 valence electrons. The summed E-state index contributed by atoms with van der Waals surface area (Å²) in [6.07, 6.45) is -0.853. The number of benzene rings is 3. The number of anilines is 1. The lowest BCUT2D eigenvalue weighted by Gasteiger charge is -2.14. The number of hydrogen-bond acceptors (Lipinski definition) is 4. The standard InChI is InChI=1S/C25H23NO4/c1-17(27)20-12-14-23(15-13-20)26-25(29)18(2)30-24(28)16-19-8-10-22(11-9-19)21-6-4-3-5-7-21/h3-15,18H,16H2,1-2H3,(H,26,29)/t18-/m0/s1. The molecule has 0 saturated heterocycles. The van der Waals surface area contributed by atoms with Crippen LogP contribution < -0.4 is 5.32 Å². The fraction of sp³-hybridized carbons (Fsp3) is 0.160. The monoisotopic (exact) mass is 401 g/mol. The number of carbonyl (C=O) groups is 3. The molecule has 0 unspecified atom stereocenters. The Bertz CT molecular complexity index is 1030. The first-order chi connectivity index (χ1) is 14.4. The molecule has 0 spiro atoms. The van der Waals surface area contributed by atoms with E-state index in [1.54, 1.807) is 24.3 Å². The van der Waals surface area contributed by atoms with E-state index < -0.39 is 18.0 Å². The number of rotatable bonds is 7. The summed E-state index contributed by atoms with van der Waals surface area (Å²) in [6.45, 7) is 3.00. The predicted molar refractivity (Wildman–Crippen MR) is 116 cm³/mol. The molecule has 5 nitrogen and oxygen atoms in total. The molecule has 0 radical (unpaired) electrons. The van der Waals surface area contributed by atoms with E-state index in [4.69, 9.17) is 4.74 Å². The van der Waals surface area contributed by atoms with Crippen LogP contribution in [0.2, 0.25) is 0 Å². The second kappa shape index (κ2) is 9.65. The van der Waals surface area contributed by atoms with Gasteiger partial charge in [0.2, 0.25) is 0 Å². The third-order valence-electron chi connectivity index (χ3n) is 4.65. The van der Waals surface area contributed by atoms with Gasteiger partial charge in [-0.15, -0.1) is 0 Å². The minimum Gasteiger partial charge on any atom is -0.452 e. The number of nitrogens with one attached hydrogen (secondary N) is 1. The van der Waals surface area contributed by atoms with Crippen molar-refractivity contribution in [3.63, 3.8) is 0 Å². The van der Waals surface area contributed by atoms with Crippen LogP contribution in [-0.4, -0.2) is 23.8 Å². The Labute approximate surface area is 175 Å². The van der Waals surface area contributed by atoms with Gasteiger partial charge in [-0.25, -0.2) is 0 Å². The quantitative estimate of drug-likeness (QED) is 0.461. The molecule has 0 bridgehead atoms. The molecule has 1 atom stereocenters. The van der Waals surface area contributed by atoms with Gasteiger partial charge in [-0.3, -0.25) is 14.4 Å². The second-order valence-corrected chi connectivity index (χ2v) is 6.99. The van der Waals surface area contributed by atoms with Crippen molar-refractivity contribution in [2.45, 2.75) is 26.4 Å². The maximum Gasteiger partial charge on any atom is 0.311 e. The maximum absolute atomic E-state index is 12.3. The van der Waals surface area contributed by atoms with Crippen molar-refractivity contribution < 1.29 is 19.1 Å². The molecule has 3 aromatic carbocycles. The zero-order chi connectivity index (χ0) is 21.5. The van der Waals surface area contributed by atoms with Crippen LogP contribution in [0, 0.1) is 0 Å². The molecule has 0 fully saturated rings. The van der Waals surface area contributed by atoms with Gasteiger partial charge in [-0.1, -0.05) is 54.6 Å². The van der Waals surface area contributed by atoms with E-state index in [1.165, 1.54) is 13.8 Å². The highest BCUT2D eigenvalue weighted by atomic mass is 16.5. The Morgan fingerprint density at radius 1 is 0.833 bits per heavy atom. The highest BCUT2D eigenvalue weighted by Gasteiger charge is 2.18. The van der Waals surface area contributed by atoms with Crippen LogP contribution in [0.15, 0.2) is 78.9 Å². The lowest BCUT2D eigenvalue weighted by molar-refractivity contribution is -0.152. The Hall–Kier alpha value is -3.73. The van der Waals surface area contributed by atoms with Crippen molar-refractivity contribution in [2.75, 3.05) is 5.32 Å². The molecule has 0 aliphatic rings. The average molecular weight is 401 g/mol. The summed E-state index contributed by atoms with van der Waals surface area (Å²) >= 11 is 0. The van der Waals surface area contributed by atoms with Gasteiger partial charge in [0.05, 0.1) is 6.42 Å². The van der Waals surface area contributed by atoms with Crippen molar-refractivity contribution in [3.05, 3.63) is 90.0 Å². The van der Waals surface area contributed by atoms with Crippen molar-refractivity contribution >= 4 is 23.3 Å². The molecule has 3 aromatic rings. The smallest absolute Gasteiger partial charge is 0.311 e. The van der Waals surface area contributed by atoms with Crippen LogP contribution in [0.5, 0.6) is 0 Å². The Morgan fingerprint density at radius 2 is 1.43 bits per heavy atom. The van der Waals surface area contributed by atoms with E-state index in [9.17, 15) is 14.4 Å². The summed E-state index contributed by atoms with van der Waals surface area (Å²) in [4.78, 5) is 35.8. The number of Topliss-reactive ketones (excluding diaryl/α,β-unsaturated/α-hetero) is 1. The lowest BCUT2D eigenvalue weighted by atomic mass is 10.0. The summed E-state index contributed by atoms with van der Waals surface area (Å²) in [5.41, 5.74) is 4.08. The van der Waals surface area contributed by atoms with Gasteiger partial charge in [0.15, 0.2) is 11.9 Å². The number of carbonyl (C=O) groups excluding carboxylic acids is 3. The molecule has 5 heteroatoms. The summed E-state index contributed by atoms with van der Waals surface area (Å²) in [5.74, 6) is -0.956. The number of ether oxygens (including phenoxy) is 1. The van der Waals surface area contributed by atoms with Gasteiger partial charge in [0.25, 0.3) is 5.91 Å². The van der Waals surface area contributed by atoms with Gasteiger partial charge in [-0.2, -0.15) is 0 Å². The van der Waals surface area contributed by atoms with Gasteiger partial charge >= 0.3 is 5.97 Å². The fourth-order valence-electron chi connectivity index (χ4n) is 2.94. The molecule has 0 saturated carbocycles. The third kappa shape index (κ3) is 5.64. The minimum absolute atomic E-state index is 0.0491. The molecule has 0 aliphatic heterocycles. The van der Waals surface area contributed by atoms with E-state index in [0.29, 0.717) is 11.3 Å². The van der Waals surface area contributed by atoms with Gasteiger partial charge in [0, 0.05) is 11.3 Å². The van der Waals surface area contributed by atoms with Crippen LogP contribution in [0.3, 0.4) is 0 Å². The van der Waals surface area contributed by atoms with Crippen LogP contribution in [0.25, 0.3) is 11.1 Å². The number of ketones is 1. The first-order valence-corrected chi connectivity index (χ1v) is 9.68. The number of hydrogen-bond donors (Lipinski definition) is 1.